The number of sulfone groups is 1. The normalized spacial score (nSPS) is 17.7. The van der Waals surface area contributed by atoms with Crippen molar-refractivity contribution in [2.45, 2.75) is 63.8 Å². The highest BCUT2D eigenvalue weighted by Crippen LogP contribution is 2.24. The average Bonchev–Trinajstić information content (AvgIpc) is 3.13. The summed E-state index contributed by atoms with van der Waals surface area (Å²) in [6, 6.07) is 9.90. The number of imidazole rings is 1. The monoisotopic (exact) mass is 433 g/mol. The molecular weight excluding hydrogens is 402 g/mol. The first kappa shape index (κ1) is 22.5. The molecule has 3 rings (SSSR count). The Hall–Kier alpha value is -2.19. The zero-order valence-electron chi connectivity index (χ0n) is 17.8. The number of rotatable bonds is 9. The third kappa shape index (κ3) is 5.49. The molecule has 1 fully saturated rings. The summed E-state index contributed by atoms with van der Waals surface area (Å²) in [7, 11) is -3.45. The van der Waals surface area contributed by atoms with Gasteiger partial charge in [0.1, 0.15) is 0 Å². The van der Waals surface area contributed by atoms with E-state index in [4.69, 9.17) is 4.74 Å². The standard InChI is InChI=1S/C22H31N3O4S/c1-3-29-21(26)14-19-12-8-9-13-24(19)17-20-15-23-22(30(27,28)4-2)25(20)16-18-10-6-5-7-11-18/h5-7,10-11,15,19H,3-4,8-9,12-14,16-17H2,1-2H3. The van der Waals surface area contributed by atoms with Crippen LogP contribution in [0.1, 0.15) is 50.8 Å². The quantitative estimate of drug-likeness (QED) is 0.566. The predicted octanol–water partition coefficient (Wildman–Crippen LogP) is 3.03. The molecule has 164 valence electrons. The van der Waals surface area contributed by atoms with Crippen LogP contribution in [0.2, 0.25) is 0 Å². The number of ether oxygens (including phenoxy) is 1. The molecule has 0 saturated carbocycles. The number of esters is 1. The molecule has 1 aliphatic heterocycles. The molecule has 1 saturated heterocycles. The van der Waals surface area contributed by atoms with Gasteiger partial charge in [-0.1, -0.05) is 43.7 Å². The maximum absolute atomic E-state index is 12.6. The number of likely N-dealkylation sites (tertiary alicyclic amines) is 1. The molecule has 1 aromatic heterocycles. The van der Waals surface area contributed by atoms with Crippen LogP contribution in [0.4, 0.5) is 0 Å². The van der Waals surface area contributed by atoms with Crippen molar-refractivity contribution in [2.75, 3.05) is 18.9 Å². The highest BCUT2D eigenvalue weighted by Gasteiger charge is 2.28. The second kappa shape index (κ2) is 10.2. The number of hydrogen-bond donors (Lipinski definition) is 0. The molecule has 7 nitrogen and oxygen atoms in total. The fourth-order valence-corrected chi connectivity index (χ4v) is 4.94. The molecule has 0 N–H and O–H groups in total. The van der Waals surface area contributed by atoms with Gasteiger partial charge in [0.05, 0.1) is 37.2 Å². The number of benzene rings is 1. The summed E-state index contributed by atoms with van der Waals surface area (Å²) in [5.41, 5.74) is 1.87. The SMILES string of the molecule is CCOC(=O)CC1CCCCN1Cc1cnc(S(=O)(=O)CC)n1Cc1ccccc1. The van der Waals surface area contributed by atoms with Crippen molar-refractivity contribution < 1.29 is 17.9 Å². The molecule has 0 aliphatic carbocycles. The molecule has 1 atom stereocenters. The molecule has 1 aromatic carbocycles. The summed E-state index contributed by atoms with van der Waals surface area (Å²) in [6.07, 6.45) is 5.11. The minimum Gasteiger partial charge on any atom is -0.466 e. The van der Waals surface area contributed by atoms with Gasteiger partial charge in [0.25, 0.3) is 0 Å². The van der Waals surface area contributed by atoms with Crippen LogP contribution in [0.25, 0.3) is 0 Å². The third-order valence-corrected chi connectivity index (χ3v) is 7.21. The van der Waals surface area contributed by atoms with Gasteiger partial charge >= 0.3 is 5.97 Å². The van der Waals surface area contributed by atoms with E-state index in [2.05, 4.69) is 9.88 Å². The van der Waals surface area contributed by atoms with Crippen molar-refractivity contribution in [1.82, 2.24) is 14.5 Å². The maximum Gasteiger partial charge on any atom is 0.307 e. The highest BCUT2D eigenvalue weighted by atomic mass is 32.2. The van der Waals surface area contributed by atoms with Crippen molar-refractivity contribution in [3.8, 4) is 0 Å². The van der Waals surface area contributed by atoms with Crippen LogP contribution in [-0.2, 0) is 32.5 Å². The van der Waals surface area contributed by atoms with Gasteiger partial charge in [0.15, 0.2) is 0 Å². The summed E-state index contributed by atoms with van der Waals surface area (Å²) >= 11 is 0. The van der Waals surface area contributed by atoms with Gasteiger partial charge in [-0.3, -0.25) is 9.69 Å². The average molecular weight is 434 g/mol. The smallest absolute Gasteiger partial charge is 0.307 e. The van der Waals surface area contributed by atoms with Crippen molar-refractivity contribution in [1.29, 1.82) is 0 Å². The first-order chi connectivity index (χ1) is 14.4. The summed E-state index contributed by atoms with van der Waals surface area (Å²) in [6.45, 7) is 5.71. The van der Waals surface area contributed by atoms with Gasteiger partial charge in [-0.2, -0.15) is 0 Å². The van der Waals surface area contributed by atoms with Gasteiger partial charge in [0.2, 0.25) is 15.0 Å². The molecule has 0 bridgehead atoms. The zero-order chi connectivity index (χ0) is 21.6. The van der Waals surface area contributed by atoms with E-state index in [1.54, 1.807) is 13.1 Å². The van der Waals surface area contributed by atoms with Crippen LogP contribution in [-0.4, -0.2) is 53.8 Å². The lowest BCUT2D eigenvalue weighted by Crippen LogP contribution is -2.41. The summed E-state index contributed by atoms with van der Waals surface area (Å²) in [4.78, 5) is 18.6. The van der Waals surface area contributed by atoms with Crippen LogP contribution >= 0.6 is 0 Å². The molecule has 2 heterocycles. The molecule has 0 amide bonds. The van der Waals surface area contributed by atoms with E-state index in [-0.39, 0.29) is 22.9 Å². The van der Waals surface area contributed by atoms with Gasteiger partial charge in [-0.15, -0.1) is 0 Å². The van der Waals surface area contributed by atoms with E-state index in [1.807, 2.05) is 41.8 Å². The fraction of sp³-hybridized carbons (Fsp3) is 0.545. The number of hydrogen-bond acceptors (Lipinski definition) is 6. The lowest BCUT2D eigenvalue weighted by atomic mass is 9.99. The summed E-state index contributed by atoms with van der Waals surface area (Å²) < 4.78 is 32.2. The summed E-state index contributed by atoms with van der Waals surface area (Å²) in [5, 5.41) is 0.114. The van der Waals surface area contributed by atoms with Crippen molar-refractivity contribution in [3.05, 3.63) is 47.8 Å². The molecule has 30 heavy (non-hydrogen) atoms. The number of nitrogens with zero attached hydrogens (tertiary/aromatic N) is 3. The maximum atomic E-state index is 12.6. The van der Waals surface area contributed by atoms with E-state index in [0.717, 1.165) is 37.1 Å². The van der Waals surface area contributed by atoms with Crippen LogP contribution < -0.4 is 0 Å². The lowest BCUT2D eigenvalue weighted by Gasteiger charge is -2.35. The van der Waals surface area contributed by atoms with Gasteiger partial charge in [0, 0.05) is 12.6 Å². The first-order valence-corrected chi connectivity index (χ1v) is 12.3. The van der Waals surface area contributed by atoms with Gasteiger partial charge in [-0.05, 0) is 31.9 Å². The van der Waals surface area contributed by atoms with Crippen LogP contribution in [0.5, 0.6) is 0 Å². The molecule has 0 spiro atoms. The molecule has 1 aliphatic rings. The van der Waals surface area contributed by atoms with E-state index in [0.29, 0.717) is 26.1 Å². The topological polar surface area (TPSA) is 81.5 Å². The minimum absolute atomic E-state index is 0.00738. The Bertz CT molecular complexity index is 941. The van der Waals surface area contributed by atoms with E-state index in [9.17, 15) is 13.2 Å². The summed E-state index contributed by atoms with van der Waals surface area (Å²) in [5.74, 6) is -0.172. The number of piperidine rings is 1. The van der Waals surface area contributed by atoms with E-state index < -0.39 is 9.84 Å². The molecule has 8 heteroatoms. The lowest BCUT2D eigenvalue weighted by molar-refractivity contribution is -0.145. The van der Waals surface area contributed by atoms with Gasteiger partial charge < -0.3 is 9.30 Å². The Balaban J connectivity index is 1.87. The Labute approximate surface area is 179 Å². The predicted molar refractivity (Wildman–Crippen MR) is 115 cm³/mol. The van der Waals surface area contributed by atoms with Gasteiger partial charge in [-0.25, -0.2) is 13.4 Å². The molecular formula is C22H31N3O4S. The number of carbonyl (C=O) groups excluding carboxylic acids is 1. The highest BCUT2D eigenvalue weighted by molar-refractivity contribution is 7.91. The second-order valence-electron chi connectivity index (χ2n) is 7.64. The zero-order valence-corrected chi connectivity index (χ0v) is 18.6. The van der Waals surface area contributed by atoms with Crippen LogP contribution in [0.15, 0.2) is 41.7 Å². The van der Waals surface area contributed by atoms with Crippen LogP contribution in [0, 0.1) is 0 Å². The van der Waals surface area contributed by atoms with Crippen molar-refractivity contribution >= 4 is 15.8 Å². The molecule has 2 aromatic rings. The molecule has 1 unspecified atom stereocenters. The molecule has 0 radical (unpaired) electrons. The number of carbonyl (C=O) groups is 1. The Morgan fingerprint density at radius 2 is 1.93 bits per heavy atom. The van der Waals surface area contributed by atoms with Crippen LogP contribution in [0.3, 0.4) is 0 Å². The number of aromatic nitrogens is 2. The third-order valence-electron chi connectivity index (χ3n) is 5.57. The van der Waals surface area contributed by atoms with Crippen molar-refractivity contribution in [2.24, 2.45) is 0 Å². The van der Waals surface area contributed by atoms with E-state index in [1.165, 1.54) is 0 Å². The van der Waals surface area contributed by atoms with Crippen molar-refractivity contribution in [3.63, 3.8) is 0 Å². The largest absolute Gasteiger partial charge is 0.466 e. The fourth-order valence-electron chi connectivity index (χ4n) is 3.95. The Morgan fingerprint density at radius 3 is 2.63 bits per heavy atom. The second-order valence-corrected chi connectivity index (χ2v) is 9.81. The minimum atomic E-state index is -3.45. The Kier molecular flexibility index (Phi) is 7.66. The van der Waals surface area contributed by atoms with E-state index >= 15 is 0 Å². The first-order valence-electron chi connectivity index (χ1n) is 10.6. The Morgan fingerprint density at radius 1 is 1.17 bits per heavy atom.